The lowest BCUT2D eigenvalue weighted by Crippen LogP contribution is -2.46. The average Bonchev–Trinajstić information content (AvgIpc) is 2.27. The summed E-state index contributed by atoms with van der Waals surface area (Å²) in [6.45, 7) is 10.6. The van der Waals surface area contributed by atoms with Crippen LogP contribution in [0.3, 0.4) is 0 Å². The lowest BCUT2D eigenvalue weighted by atomic mass is 9.83. The number of hydrogen-bond acceptors (Lipinski definition) is 2. The Bertz CT molecular complexity index is 369. The second kappa shape index (κ2) is 6.18. The summed E-state index contributed by atoms with van der Waals surface area (Å²) in [5.41, 5.74) is 7.20. The van der Waals surface area contributed by atoms with E-state index in [9.17, 15) is 0 Å². The zero-order valence-electron chi connectivity index (χ0n) is 11.9. The van der Waals surface area contributed by atoms with Crippen LogP contribution in [0.15, 0.2) is 28.7 Å². The van der Waals surface area contributed by atoms with Crippen molar-refractivity contribution >= 4 is 15.9 Å². The molecule has 0 aliphatic rings. The number of halogens is 1. The minimum atomic E-state index is 0.0986. The van der Waals surface area contributed by atoms with Gasteiger partial charge < -0.3 is 11.1 Å². The zero-order valence-corrected chi connectivity index (χ0v) is 13.5. The van der Waals surface area contributed by atoms with Gasteiger partial charge in [-0.15, -0.1) is 0 Å². The Morgan fingerprint density at radius 1 is 1.11 bits per heavy atom. The van der Waals surface area contributed by atoms with Crippen LogP contribution >= 0.6 is 15.9 Å². The molecule has 0 saturated carbocycles. The summed E-state index contributed by atoms with van der Waals surface area (Å²) in [4.78, 5) is 0. The first-order valence-corrected chi connectivity index (χ1v) is 7.27. The maximum atomic E-state index is 5.64. The van der Waals surface area contributed by atoms with E-state index in [0.717, 1.165) is 24.0 Å². The lowest BCUT2D eigenvalue weighted by Gasteiger charge is -2.33. The topological polar surface area (TPSA) is 38.0 Å². The summed E-state index contributed by atoms with van der Waals surface area (Å²) in [6.07, 6.45) is 0.990. The van der Waals surface area contributed by atoms with Crippen molar-refractivity contribution in [3.63, 3.8) is 0 Å². The van der Waals surface area contributed by atoms with Gasteiger partial charge in [-0.05, 0) is 44.5 Å². The first kappa shape index (κ1) is 15.7. The van der Waals surface area contributed by atoms with E-state index in [1.54, 1.807) is 0 Å². The standard InChI is InChI=1S/C15H25BrN2/c1-14(2,11-18-15(3,4)9-10-17)12-5-7-13(16)8-6-12/h5-8,18H,9-11,17H2,1-4H3. The van der Waals surface area contributed by atoms with E-state index in [0.29, 0.717) is 0 Å². The van der Waals surface area contributed by atoms with Crippen molar-refractivity contribution in [3.8, 4) is 0 Å². The van der Waals surface area contributed by atoms with Gasteiger partial charge in [0, 0.05) is 22.0 Å². The predicted molar refractivity (Wildman–Crippen MR) is 82.9 cm³/mol. The van der Waals surface area contributed by atoms with Crippen LogP contribution in [-0.2, 0) is 5.41 Å². The molecule has 0 spiro atoms. The Morgan fingerprint density at radius 2 is 1.67 bits per heavy atom. The highest BCUT2D eigenvalue weighted by atomic mass is 79.9. The monoisotopic (exact) mass is 312 g/mol. The highest BCUT2D eigenvalue weighted by Gasteiger charge is 2.24. The third-order valence-electron chi connectivity index (χ3n) is 3.40. The van der Waals surface area contributed by atoms with Crippen molar-refractivity contribution in [2.24, 2.45) is 5.73 Å². The average molecular weight is 313 g/mol. The summed E-state index contributed by atoms with van der Waals surface area (Å²) < 4.78 is 1.12. The molecule has 3 N–H and O–H groups in total. The molecular formula is C15H25BrN2. The fourth-order valence-electron chi connectivity index (χ4n) is 1.91. The summed E-state index contributed by atoms with van der Waals surface area (Å²) in [7, 11) is 0. The van der Waals surface area contributed by atoms with Gasteiger partial charge in [0.15, 0.2) is 0 Å². The van der Waals surface area contributed by atoms with Crippen LogP contribution in [0.5, 0.6) is 0 Å². The largest absolute Gasteiger partial charge is 0.330 e. The molecule has 0 bridgehead atoms. The van der Waals surface area contributed by atoms with Gasteiger partial charge in [0.1, 0.15) is 0 Å². The van der Waals surface area contributed by atoms with Crippen molar-refractivity contribution in [3.05, 3.63) is 34.3 Å². The minimum absolute atomic E-state index is 0.0986. The molecule has 2 nitrogen and oxygen atoms in total. The van der Waals surface area contributed by atoms with Crippen molar-refractivity contribution in [2.75, 3.05) is 13.1 Å². The van der Waals surface area contributed by atoms with Gasteiger partial charge in [-0.25, -0.2) is 0 Å². The number of nitrogens with two attached hydrogens (primary N) is 1. The quantitative estimate of drug-likeness (QED) is 0.844. The van der Waals surface area contributed by atoms with Crippen LogP contribution in [0.1, 0.15) is 39.7 Å². The van der Waals surface area contributed by atoms with E-state index < -0.39 is 0 Å². The van der Waals surface area contributed by atoms with E-state index in [-0.39, 0.29) is 11.0 Å². The van der Waals surface area contributed by atoms with Crippen LogP contribution in [0.2, 0.25) is 0 Å². The Labute approximate surface area is 119 Å². The summed E-state index contributed by atoms with van der Waals surface area (Å²) in [5.74, 6) is 0. The van der Waals surface area contributed by atoms with Gasteiger partial charge in [-0.3, -0.25) is 0 Å². The Balaban J connectivity index is 2.67. The predicted octanol–water partition coefficient (Wildman–Crippen LogP) is 3.44. The Morgan fingerprint density at radius 3 is 2.17 bits per heavy atom. The molecule has 0 fully saturated rings. The van der Waals surface area contributed by atoms with Crippen molar-refractivity contribution in [1.29, 1.82) is 0 Å². The molecule has 0 radical (unpaired) electrons. The lowest BCUT2D eigenvalue weighted by molar-refractivity contribution is 0.326. The third kappa shape index (κ3) is 4.71. The first-order valence-electron chi connectivity index (χ1n) is 6.48. The normalized spacial score (nSPS) is 12.8. The van der Waals surface area contributed by atoms with Crippen LogP contribution in [0.4, 0.5) is 0 Å². The Kier molecular flexibility index (Phi) is 5.38. The van der Waals surface area contributed by atoms with Gasteiger partial charge in [0.05, 0.1) is 0 Å². The molecule has 1 aromatic rings. The molecule has 3 heteroatoms. The Hall–Kier alpha value is -0.380. The molecule has 0 atom stereocenters. The van der Waals surface area contributed by atoms with E-state index in [4.69, 9.17) is 5.73 Å². The molecule has 0 aliphatic heterocycles. The summed E-state index contributed by atoms with van der Waals surface area (Å²) in [6, 6.07) is 8.56. The molecule has 18 heavy (non-hydrogen) atoms. The molecule has 0 aliphatic carbocycles. The fourth-order valence-corrected chi connectivity index (χ4v) is 2.18. The molecule has 0 heterocycles. The smallest absolute Gasteiger partial charge is 0.0175 e. The number of benzene rings is 1. The number of rotatable bonds is 6. The maximum absolute atomic E-state index is 5.64. The third-order valence-corrected chi connectivity index (χ3v) is 3.93. The summed E-state index contributed by atoms with van der Waals surface area (Å²) in [5, 5.41) is 3.62. The van der Waals surface area contributed by atoms with Gasteiger partial charge in [-0.2, -0.15) is 0 Å². The maximum Gasteiger partial charge on any atom is 0.0175 e. The van der Waals surface area contributed by atoms with Gasteiger partial charge >= 0.3 is 0 Å². The van der Waals surface area contributed by atoms with Gasteiger partial charge in [0.2, 0.25) is 0 Å². The van der Waals surface area contributed by atoms with Crippen LogP contribution < -0.4 is 11.1 Å². The highest BCUT2D eigenvalue weighted by Crippen LogP contribution is 2.25. The molecule has 0 aromatic heterocycles. The van der Waals surface area contributed by atoms with E-state index in [1.165, 1.54) is 5.56 Å². The van der Waals surface area contributed by atoms with E-state index in [2.05, 4.69) is 73.2 Å². The van der Waals surface area contributed by atoms with E-state index >= 15 is 0 Å². The van der Waals surface area contributed by atoms with Crippen molar-refractivity contribution in [1.82, 2.24) is 5.32 Å². The van der Waals surface area contributed by atoms with Crippen molar-refractivity contribution < 1.29 is 0 Å². The first-order chi connectivity index (χ1) is 8.27. The molecule has 1 rings (SSSR count). The van der Waals surface area contributed by atoms with Crippen molar-refractivity contribution in [2.45, 2.75) is 45.1 Å². The number of hydrogen-bond donors (Lipinski definition) is 2. The molecule has 1 aromatic carbocycles. The van der Waals surface area contributed by atoms with Gasteiger partial charge in [-0.1, -0.05) is 41.9 Å². The molecular weight excluding hydrogens is 288 g/mol. The van der Waals surface area contributed by atoms with E-state index in [1.807, 2.05) is 0 Å². The molecule has 0 amide bonds. The fraction of sp³-hybridized carbons (Fsp3) is 0.600. The molecule has 102 valence electrons. The second-order valence-electron chi connectivity index (χ2n) is 6.17. The van der Waals surface area contributed by atoms with Crippen LogP contribution in [-0.4, -0.2) is 18.6 Å². The zero-order chi connectivity index (χ0) is 13.8. The second-order valence-corrected chi connectivity index (χ2v) is 7.08. The SMILES string of the molecule is CC(C)(CCN)NCC(C)(C)c1ccc(Br)cc1. The van der Waals surface area contributed by atoms with Gasteiger partial charge in [0.25, 0.3) is 0 Å². The van der Waals surface area contributed by atoms with Crippen LogP contribution in [0.25, 0.3) is 0 Å². The number of nitrogens with one attached hydrogen (secondary N) is 1. The minimum Gasteiger partial charge on any atom is -0.330 e. The molecule has 0 saturated heterocycles. The van der Waals surface area contributed by atoms with Crippen LogP contribution in [0, 0.1) is 0 Å². The molecule has 0 unspecified atom stereocenters. The summed E-state index contributed by atoms with van der Waals surface area (Å²) >= 11 is 3.47. The highest BCUT2D eigenvalue weighted by molar-refractivity contribution is 9.10.